The molecule has 10 heterocycles. The molecule has 7 aliphatic heterocycles. The molecule has 0 radical (unpaired) electrons. The number of methoxy groups -OCH3 is 1. The predicted octanol–water partition coefficient (Wildman–Crippen LogP) is 5.19. The van der Waals surface area contributed by atoms with Gasteiger partial charge in [0.15, 0.2) is 0 Å². The zero-order chi connectivity index (χ0) is 54.8. The quantitative estimate of drug-likeness (QED) is 0.139. The highest BCUT2D eigenvalue weighted by Crippen LogP contribution is 2.45. The molecule has 3 N–H and O–H groups in total. The molecule has 1 spiro atoms. The molecule has 6 saturated heterocycles. The number of ether oxygens (including phenoxy) is 3. The number of piperazine rings is 1. The van der Waals surface area contributed by atoms with Crippen LogP contribution in [-0.4, -0.2) is 187 Å². The van der Waals surface area contributed by atoms with E-state index >= 15 is 13.2 Å². The Kier molecular flexibility index (Phi) is 15.2. The van der Waals surface area contributed by atoms with Crippen LogP contribution in [0.3, 0.4) is 0 Å². The van der Waals surface area contributed by atoms with Crippen LogP contribution >= 0.6 is 11.3 Å². The Morgan fingerprint density at radius 1 is 1.04 bits per heavy atom. The van der Waals surface area contributed by atoms with Gasteiger partial charge in [0.25, 0.3) is 5.91 Å². The number of carbonyl (C=O) groups is 4. The molecule has 0 saturated carbocycles. The lowest BCUT2D eigenvalue weighted by molar-refractivity contribution is -0.155. The highest BCUT2D eigenvalue weighted by atomic mass is 32.1. The van der Waals surface area contributed by atoms with Gasteiger partial charge in [-0.25, -0.2) is 10.4 Å². The van der Waals surface area contributed by atoms with Gasteiger partial charge in [-0.2, -0.15) is 13.2 Å². The average molecular weight is 1100 g/mol. The highest BCUT2D eigenvalue weighted by Gasteiger charge is 2.50. The maximum absolute atomic E-state index is 15.2. The van der Waals surface area contributed by atoms with E-state index in [1.807, 2.05) is 57.0 Å². The van der Waals surface area contributed by atoms with E-state index in [2.05, 4.69) is 30.8 Å². The number of carbonyl (C=O) groups excluding carboxylic acids is 4. The standard InChI is InChI=1S/C56H74F3N11O7S/c1-33(2)48(67-14-11-55(29-67)12-15-68(30-55)51(72)43-25-60-43)50(71)63-42-22-46-62-44(28-78-46)35-9-10-45-38(20-35)40(23-54(4,5)32-77-53(74)41-8-7-13-70(64-41)52(42)73)49(69(45)31-56(57,58)59)39-21-36(24-61-47(39)34(3)75-6)66-17-16-65-18-19-76-27-37(65)26-66/h9-10,20-21,24,28,33-34,37,41-43,48,60,64H,7-8,11-19,22-23,25-27,29-32H2,1-6H3,(H,63,71)/t34-,37-,41-,42-,43+,48-,55-/m0/s1. The first-order valence-electron chi connectivity index (χ1n) is 27.8. The minimum absolute atomic E-state index is 0.0456. The molecule has 7 atom stereocenters. The molecule has 6 bridgehead atoms. The summed E-state index contributed by atoms with van der Waals surface area (Å²) in [5, 5.41) is 10.8. The first-order valence-corrected chi connectivity index (χ1v) is 28.7. The van der Waals surface area contributed by atoms with Gasteiger partial charge >= 0.3 is 12.1 Å². The summed E-state index contributed by atoms with van der Waals surface area (Å²) in [5.74, 6) is -1.22. The number of nitrogens with one attached hydrogen (secondary N) is 3. The number of likely N-dealkylation sites (tertiary alicyclic amines) is 2. The van der Waals surface area contributed by atoms with E-state index in [4.69, 9.17) is 24.2 Å². The zero-order valence-corrected chi connectivity index (χ0v) is 46.4. The van der Waals surface area contributed by atoms with Crippen LogP contribution < -0.4 is 21.0 Å². The smallest absolute Gasteiger partial charge is 0.406 e. The first-order chi connectivity index (χ1) is 37.3. The molecule has 1 aromatic carbocycles. The summed E-state index contributed by atoms with van der Waals surface area (Å²) in [5.41, 5.74) is 6.60. The largest absolute Gasteiger partial charge is 0.464 e. The zero-order valence-electron chi connectivity index (χ0n) is 45.6. The van der Waals surface area contributed by atoms with Crippen molar-refractivity contribution in [2.45, 2.75) is 122 Å². The fourth-order valence-corrected chi connectivity index (χ4v) is 13.9. The number of aromatic nitrogens is 3. The lowest BCUT2D eigenvalue weighted by atomic mass is 9.84. The SMILES string of the molecule is CO[C@@H](C)c1ncc(N2CCN3CCOC[C@@H]3C2)cc1-c1c2c3cc(ccc3n1CC(F)(F)F)-c1csc(n1)C[C@H](NC(=O)[C@H](C(C)C)N1CC[C@]3(CCN(C(=O)[C@H]4CN4)C3)C1)C(=O)N1CCC[C@H](N1)C(=O)OCC(C)(C)C2. The number of pyridine rings is 1. The number of hydrazine groups is 1. The Labute approximate surface area is 457 Å². The molecule has 422 valence electrons. The lowest BCUT2D eigenvalue weighted by Gasteiger charge is -2.44. The van der Waals surface area contributed by atoms with Crippen LogP contribution in [0, 0.1) is 16.7 Å². The van der Waals surface area contributed by atoms with Gasteiger partial charge in [0.2, 0.25) is 11.8 Å². The second-order valence-corrected chi connectivity index (χ2v) is 25.0. The Balaban J connectivity index is 0.966. The van der Waals surface area contributed by atoms with E-state index in [-0.39, 0.29) is 54.7 Å². The number of hydrogen-bond acceptors (Lipinski definition) is 15. The topological polar surface area (TPSA) is 189 Å². The van der Waals surface area contributed by atoms with Crippen molar-refractivity contribution in [3.8, 4) is 22.5 Å². The van der Waals surface area contributed by atoms with E-state index in [1.54, 1.807) is 25.4 Å². The molecule has 0 aliphatic carbocycles. The number of thiazole rings is 1. The molecule has 78 heavy (non-hydrogen) atoms. The number of halogens is 3. The minimum Gasteiger partial charge on any atom is -0.464 e. The molecule has 0 unspecified atom stereocenters. The number of alkyl halides is 3. The van der Waals surface area contributed by atoms with Gasteiger partial charge in [0.1, 0.15) is 18.6 Å². The van der Waals surface area contributed by atoms with Crippen LogP contribution in [0.1, 0.15) is 82.7 Å². The van der Waals surface area contributed by atoms with Crippen LogP contribution in [0.4, 0.5) is 18.9 Å². The lowest BCUT2D eigenvalue weighted by Crippen LogP contribution is -2.62. The number of anilines is 1. The van der Waals surface area contributed by atoms with Crippen LogP contribution in [0.5, 0.6) is 0 Å². The van der Waals surface area contributed by atoms with E-state index < -0.39 is 54.2 Å². The number of morpholine rings is 1. The van der Waals surface area contributed by atoms with Crippen molar-refractivity contribution in [2.75, 3.05) is 97.3 Å². The molecule has 4 aromatic rings. The van der Waals surface area contributed by atoms with E-state index in [1.165, 1.54) is 20.9 Å². The van der Waals surface area contributed by atoms with Gasteiger partial charge in [0, 0.05) is 111 Å². The van der Waals surface area contributed by atoms with E-state index in [0.717, 1.165) is 31.6 Å². The highest BCUT2D eigenvalue weighted by molar-refractivity contribution is 7.10. The predicted molar refractivity (Wildman–Crippen MR) is 288 cm³/mol. The molecule has 3 amide bonds. The Bertz CT molecular complexity index is 2930. The second kappa shape index (κ2) is 21.7. The number of esters is 1. The Morgan fingerprint density at radius 3 is 2.62 bits per heavy atom. The molecule has 7 aliphatic rings. The maximum atomic E-state index is 15.2. The normalized spacial score (nSPS) is 27.0. The van der Waals surface area contributed by atoms with E-state index in [9.17, 15) is 19.2 Å². The number of amides is 3. The summed E-state index contributed by atoms with van der Waals surface area (Å²) >= 11 is 1.34. The van der Waals surface area contributed by atoms with Gasteiger partial charge in [-0.3, -0.25) is 39.0 Å². The number of benzene rings is 1. The molecule has 18 nitrogen and oxygen atoms in total. The van der Waals surface area contributed by atoms with Gasteiger partial charge in [0.05, 0.1) is 78.0 Å². The summed E-state index contributed by atoms with van der Waals surface area (Å²) in [6.45, 7) is 16.4. The first kappa shape index (κ1) is 54.7. The Morgan fingerprint density at radius 2 is 1.85 bits per heavy atom. The fraction of sp³-hybridized carbons (Fsp3) is 0.643. The van der Waals surface area contributed by atoms with Crippen molar-refractivity contribution in [3.63, 3.8) is 0 Å². The van der Waals surface area contributed by atoms with Crippen molar-refractivity contribution >= 4 is 51.6 Å². The Hall–Kier alpha value is -5.23. The minimum atomic E-state index is -4.62. The number of hydrogen-bond donors (Lipinski definition) is 3. The third kappa shape index (κ3) is 11.3. The van der Waals surface area contributed by atoms with Crippen LogP contribution in [0.15, 0.2) is 35.8 Å². The van der Waals surface area contributed by atoms with Crippen molar-refractivity contribution in [1.29, 1.82) is 0 Å². The number of cyclic esters (lactones) is 1. The molecule has 6 fully saturated rings. The summed E-state index contributed by atoms with van der Waals surface area (Å²) in [7, 11) is 1.56. The second-order valence-electron chi connectivity index (χ2n) is 24.0. The monoisotopic (exact) mass is 1100 g/mol. The van der Waals surface area contributed by atoms with Crippen molar-refractivity contribution < 1.29 is 46.6 Å². The molecular formula is C56H74F3N11O7S. The number of rotatable bonds is 10. The third-order valence-electron chi connectivity index (χ3n) is 17.3. The number of nitrogens with zero attached hydrogens (tertiary/aromatic N) is 8. The van der Waals surface area contributed by atoms with Crippen molar-refractivity contribution in [1.82, 2.24) is 50.3 Å². The molecule has 3 aromatic heterocycles. The summed E-state index contributed by atoms with van der Waals surface area (Å²) in [6, 6.07) is 4.93. The summed E-state index contributed by atoms with van der Waals surface area (Å²) in [4.78, 5) is 75.7. The van der Waals surface area contributed by atoms with E-state index in [0.29, 0.717) is 128 Å². The van der Waals surface area contributed by atoms with Gasteiger partial charge in [-0.15, -0.1) is 11.3 Å². The fourth-order valence-electron chi connectivity index (χ4n) is 13.0. The molecule has 11 rings (SSSR count). The maximum Gasteiger partial charge on any atom is 0.406 e. The average Bonchev–Trinajstić information content (AvgIpc) is 3.96. The summed E-state index contributed by atoms with van der Waals surface area (Å²) < 4.78 is 64.8. The van der Waals surface area contributed by atoms with Crippen LogP contribution in [0.25, 0.3) is 33.4 Å². The van der Waals surface area contributed by atoms with Gasteiger partial charge in [-0.05, 0) is 75.3 Å². The van der Waals surface area contributed by atoms with Crippen LogP contribution in [-0.2, 0) is 52.8 Å². The molecule has 22 heteroatoms. The summed E-state index contributed by atoms with van der Waals surface area (Å²) in [6.07, 6.45) is -0.541. The number of fused-ring (bicyclic) bond motifs is 7. The van der Waals surface area contributed by atoms with Gasteiger partial charge < -0.3 is 39.2 Å². The molecular weight excluding hydrogens is 1030 g/mol. The van der Waals surface area contributed by atoms with Crippen LogP contribution in [0.2, 0.25) is 0 Å². The van der Waals surface area contributed by atoms with Gasteiger partial charge in [-0.1, -0.05) is 33.8 Å². The van der Waals surface area contributed by atoms with Crippen molar-refractivity contribution in [3.05, 3.63) is 52.1 Å². The third-order valence-corrected chi connectivity index (χ3v) is 18.1. The van der Waals surface area contributed by atoms with Crippen molar-refractivity contribution in [2.24, 2.45) is 16.7 Å².